The first-order valence-corrected chi connectivity index (χ1v) is 4.46. The molecule has 0 radical (unpaired) electrons. The standard InChI is InChI=1S/C10H10O7/c11-8(12)5-1-2-7(9(13)14)6(3-5)4-10(15,16)17/h1-4,7,15-17H,(H,11,12)(H,13,14). The zero-order valence-corrected chi connectivity index (χ0v) is 8.44. The first-order chi connectivity index (χ1) is 7.70. The van der Waals surface area contributed by atoms with Crippen molar-refractivity contribution in [2.24, 2.45) is 5.92 Å². The minimum atomic E-state index is -3.20. The highest BCUT2D eigenvalue weighted by atomic mass is 16.7. The highest BCUT2D eigenvalue weighted by Gasteiger charge is 2.26. The van der Waals surface area contributed by atoms with Gasteiger partial charge in [0, 0.05) is 6.08 Å². The van der Waals surface area contributed by atoms with E-state index in [2.05, 4.69) is 0 Å². The summed E-state index contributed by atoms with van der Waals surface area (Å²) >= 11 is 0. The zero-order valence-electron chi connectivity index (χ0n) is 8.44. The van der Waals surface area contributed by atoms with Crippen molar-refractivity contribution in [3.63, 3.8) is 0 Å². The van der Waals surface area contributed by atoms with Crippen LogP contribution in [0, 0.1) is 5.92 Å². The molecule has 0 heterocycles. The van der Waals surface area contributed by atoms with Gasteiger partial charge in [0.15, 0.2) is 0 Å². The predicted octanol–water partition coefficient (Wildman–Crippen LogP) is -1.17. The Kier molecular flexibility index (Phi) is 3.47. The Balaban J connectivity index is 3.19. The summed E-state index contributed by atoms with van der Waals surface area (Å²) in [5.41, 5.74) is -0.456. The Morgan fingerprint density at radius 3 is 2.24 bits per heavy atom. The molecule has 0 bridgehead atoms. The number of carboxylic acid groups (broad SMARTS) is 2. The Labute approximate surface area is 95.2 Å². The van der Waals surface area contributed by atoms with Crippen LogP contribution in [-0.4, -0.2) is 43.4 Å². The number of allylic oxidation sites excluding steroid dienone is 1. The molecule has 1 aliphatic carbocycles. The average molecular weight is 242 g/mol. The van der Waals surface area contributed by atoms with Gasteiger partial charge >= 0.3 is 11.9 Å². The third-order valence-corrected chi connectivity index (χ3v) is 2.02. The third kappa shape index (κ3) is 3.52. The van der Waals surface area contributed by atoms with E-state index in [1.807, 2.05) is 0 Å². The van der Waals surface area contributed by atoms with Crippen molar-refractivity contribution in [3.8, 4) is 0 Å². The molecule has 0 spiro atoms. The number of hydrogen-bond donors (Lipinski definition) is 5. The summed E-state index contributed by atoms with van der Waals surface area (Å²) in [7, 11) is 0. The fourth-order valence-corrected chi connectivity index (χ4v) is 1.34. The van der Waals surface area contributed by atoms with Crippen molar-refractivity contribution in [1.29, 1.82) is 0 Å². The van der Waals surface area contributed by atoms with E-state index < -0.39 is 23.8 Å². The number of hydrogen-bond acceptors (Lipinski definition) is 5. The van der Waals surface area contributed by atoms with E-state index >= 15 is 0 Å². The van der Waals surface area contributed by atoms with Crippen molar-refractivity contribution < 1.29 is 35.1 Å². The fraction of sp³-hybridized carbons (Fsp3) is 0.200. The van der Waals surface area contributed by atoms with Gasteiger partial charge < -0.3 is 25.5 Å². The topological polar surface area (TPSA) is 135 Å². The molecular weight excluding hydrogens is 232 g/mol. The first-order valence-electron chi connectivity index (χ1n) is 4.46. The smallest absolute Gasteiger partial charge is 0.335 e. The summed E-state index contributed by atoms with van der Waals surface area (Å²) in [6.07, 6.45) is 3.56. The highest BCUT2D eigenvalue weighted by molar-refractivity contribution is 5.92. The summed E-state index contributed by atoms with van der Waals surface area (Å²) in [6, 6.07) is 0. The second-order valence-electron chi connectivity index (χ2n) is 3.41. The van der Waals surface area contributed by atoms with Gasteiger partial charge in [-0.3, -0.25) is 4.79 Å². The summed E-state index contributed by atoms with van der Waals surface area (Å²) in [5, 5.41) is 43.7. The Bertz CT molecular complexity index is 436. The van der Waals surface area contributed by atoms with E-state index in [9.17, 15) is 9.59 Å². The molecule has 0 aromatic heterocycles. The maximum absolute atomic E-state index is 10.8. The Morgan fingerprint density at radius 2 is 1.82 bits per heavy atom. The second kappa shape index (κ2) is 4.50. The molecule has 1 unspecified atom stereocenters. The first kappa shape index (κ1) is 13.1. The molecule has 0 aromatic rings. The van der Waals surface area contributed by atoms with Gasteiger partial charge in [-0.2, -0.15) is 0 Å². The lowest BCUT2D eigenvalue weighted by molar-refractivity contribution is -0.273. The van der Waals surface area contributed by atoms with Crippen LogP contribution in [-0.2, 0) is 9.59 Å². The third-order valence-electron chi connectivity index (χ3n) is 2.02. The zero-order chi connectivity index (χ0) is 13.2. The van der Waals surface area contributed by atoms with Gasteiger partial charge in [0.2, 0.25) is 0 Å². The van der Waals surface area contributed by atoms with Crippen molar-refractivity contribution >= 4 is 11.9 Å². The van der Waals surface area contributed by atoms with E-state index in [1.54, 1.807) is 0 Å². The van der Waals surface area contributed by atoms with Gasteiger partial charge in [-0.1, -0.05) is 12.2 Å². The van der Waals surface area contributed by atoms with E-state index in [-0.39, 0.29) is 11.1 Å². The van der Waals surface area contributed by atoms with E-state index in [0.29, 0.717) is 6.08 Å². The van der Waals surface area contributed by atoms with Crippen LogP contribution in [0.3, 0.4) is 0 Å². The number of aliphatic hydroxyl groups is 3. The lowest BCUT2D eigenvalue weighted by Crippen LogP contribution is -2.27. The molecule has 7 nitrogen and oxygen atoms in total. The number of carbonyl (C=O) groups is 2. The van der Waals surface area contributed by atoms with Crippen LogP contribution in [0.4, 0.5) is 0 Å². The molecule has 0 saturated heterocycles. The van der Waals surface area contributed by atoms with E-state index in [4.69, 9.17) is 25.5 Å². The van der Waals surface area contributed by atoms with Gasteiger partial charge in [-0.05, 0) is 11.6 Å². The predicted molar refractivity (Wildman–Crippen MR) is 53.5 cm³/mol. The minimum absolute atomic E-state index is 0.224. The van der Waals surface area contributed by atoms with Crippen LogP contribution >= 0.6 is 0 Å². The molecule has 17 heavy (non-hydrogen) atoms. The van der Waals surface area contributed by atoms with Gasteiger partial charge in [0.1, 0.15) is 5.92 Å². The van der Waals surface area contributed by atoms with Crippen molar-refractivity contribution in [1.82, 2.24) is 0 Å². The molecule has 5 N–H and O–H groups in total. The molecule has 0 aliphatic heterocycles. The quantitative estimate of drug-likeness (QED) is 0.393. The Morgan fingerprint density at radius 1 is 1.24 bits per heavy atom. The van der Waals surface area contributed by atoms with Crippen LogP contribution in [0.2, 0.25) is 0 Å². The molecule has 92 valence electrons. The van der Waals surface area contributed by atoms with Crippen LogP contribution in [0.5, 0.6) is 0 Å². The molecular formula is C10H10O7. The minimum Gasteiger partial charge on any atom is -0.481 e. The van der Waals surface area contributed by atoms with Crippen LogP contribution < -0.4 is 0 Å². The summed E-state index contributed by atoms with van der Waals surface area (Å²) in [6.45, 7) is 0. The molecule has 1 aliphatic rings. The molecule has 0 fully saturated rings. The fourth-order valence-electron chi connectivity index (χ4n) is 1.34. The van der Waals surface area contributed by atoms with Crippen molar-refractivity contribution in [3.05, 3.63) is 35.5 Å². The van der Waals surface area contributed by atoms with Crippen LogP contribution in [0.1, 0.15) is 0 Å². The maximum atomic E-state index is 10.8. The van der Waals surface area contributed by atoms with Gasteiger partial charge in [-0.15, -0.1) is 0 Å². The van der Waals surface area contributed by atoms with Gasteiger partial charge in [0.05, 0.1) is 5.57 Å². The maximum Gasteiger partial charge on any atom is 0.335 e. The lowest BCUT2D eigenvalue weighted by Gasteiger charge is -2.17. The second-order valence-corrected chi connectivity index (χ2v) is 3.41. The van der Waals surface area contributed by atoms with E-state index in [1.165, 1.54) is 0 Å². The molecule has 1 atom stereocenters. The monoisotopic (exact) mass is 242 g/mol. The van der Waals surface area contributed by atoms with E-state index in [0.717, 1.165) is 18.2 Å². The molecule has 7 heteroatoms. The number of carboxylic acids is 2. The number of aliphatic carboxylic acids is 2. The molecule has 1 rings (SSSR count). The normalized spacial score (nSPS) is 22.4. The summed E-state index contributed by atoms with van der Waals surface area (Å²) in [5.74, 6) is -7.05. The molecule has 0 saturated carbocycles. The summed E-state index contributed by atoms with van der Waals surface area (Å²) < 4.78 is 0. The number of rotatable bonds is 3. The van der Waals surface area contributed by atoms with Crippen LogP contribution in [0.25, 0.3) is 0 Å². The van der Waals surface area contributed by atoms with Crippen molar-refractivity contribution in [2.45, 2.75) is 5.97 Å². The Hall–Kier alpha value is -1.96. The lowest BCUT2D eigenvalue weighted by atomic mass is 9.90. The van der Waals surface area contributed by atoms with Crippen molar-refractivity contribution in [2.75, 3.05) is 0 Å². The van der Waals surface area contributed by atoms with Crippen LogP contribution in [0.15, 0.2) is 35.5 Å². The average Bonchev–Trinajstić information content (AvgIpc) is 2.14. The van der Waals surface area contributed by atoms with Gasteiger partial charge in [-0.25, -0.2) is 4.79 Å². The SMILES string of the molecule is O=C(O)C1=CC(=CC(O)(O)O)C(C(=O)O)C=C1. The largest absolute Gasteiger partial charge is 0.481 e. The van der Waals surface area contributed by atoms with Gasteiger partial charge in [0.25, 0.3) is 5.97 Å². The highest BCUT2D eigenvalue weighted by Crippen LogP contribution is 2.24. The molecule has 0 aromatic carbocycles. The molecule has 0 amide bonds. The summed E-state index contributed by atoms with van der Waals surface area (Å²) in [4.78, 5) is 21.5.